The number of rotatable bonds is 8. The highest BCUT2D eigenvalue weighted by Gasteiger charge is 2.35. The molecule has 0 amide bonds. The first-order chi connectivity index (χ1) is 13.9. The van der Waals surface area contributed by atoms with E-state index in [2.05, 4.69) is 13.0 Å². The molecular weight excluding hydrogens is 429 g/mol. The van der Waals surface area contributed by atoms with Gasteiger partial charge in [0.15, 0.2) is 0 Å². The van der Waals surface area contributed by atoms with Crippen molar-refractivity contribution in [2.75, 3.05) is 0 Å². The largest absolute Gasteiger partial charge is 0.393 e. The van der Waals surface area contributed by atoms with Gasteiger partial charge in [0.2, 0.25) is 0 Å². The first kappa shape index (κ1) is 22.4. The van der Waals surface area contributed by atoms with Crippen LogP contribution in [0.15, 0.2) is 30.3 Å². The van der Waals surface area contributed by atoms with E-state index in [1.54, 1.807) is 18.2 Å². The van der Waals surface area contributed by atoms with E-state index in [0.717, 1.165) is 48.8 Å². The van der Waals surface area contributed by atoms with Crippen LogP contribution in [-0.2, 0) is 17.8 Å². The van der Waals surface area contributed by atoms with Gasteiger partial charge in [-0.3, -0.25) is 0 Å². The second-order valence-corrected chi connectivity index (χ2v) is 8.84. The average Bonchev–Trinajstić information content (AvgIpc) is 3.03. The fourth-order valence-electron chi connectivity index (χ4n) is 3.99. The number of ether oxygens (including phenoxy) is 1. The average molecular weight is 453 g/mol. The van der Waals surface area contributed by atoms with Crippen LogP contribution in [0.1, 0.15) is 61.0 Å². The fourth-order valence-corrected chi connectivity index (χ4v) is 4.81. The zero-order valence-electron chi connectivity index (χ0n) is 16.3. The van der Waals surface area contributed by atoms with E-state index in [-0.39, 0.29) is 18.1 Å². The number of aliphatic hydroxyl groups is 1. The Kier molecular flexibility index (Phi) is 7.85. The molecular formula is C23H24Cl3NO2. The topological polar surface area (TPSA) is 53.2 Å². The smallest absolute Gasteiger partial charge is 0.0992 e. The van der Waals surface area contributed by atoms with Crippen molar-refractivity contribution in [3.8, 4) is 6.07 Å². The Balaban J connectivity index is 1.79. The van der Waals surface area contributed by atoms with Crippen LogP contribution in [0.25, 0.3) is 0 Å². The molecule has 3 atom stereocenters. The summed E-state index contributed by atoms with van der Waals surface area (Å²) in [6.45, 7) is 2.40. The molecule has 0 aliphatic heterocycles. The van der Waals surface area contributed by atoms with Crippen molar-refractivity contribution < 1.29 is 9.84 Å². The Labute approximate surface area is 187 Å². The van der Waals surface area contributed by atoms with Crippen LogP contribution < -0.4 is 0 Å². The van der Waals surface area contributed by atoms with Crippen LogP contribution in [0.4, 0.5) is 0 Å². The van der Waals surface area contributed by atoms with Gasteiger partial charge in [-0.1, -0.05) is 54.2 Å². The van der Waals surface area contributed by atoms with Crippen LogP contribution in [0.3, 0.4) is 0 Å². The van der Waals surface area contributed by atoms with E-state index >= 15 is 0 Å². The molecule has 0 bridgehead atoms. The SMILES string of the molecule is CCC[C@@H](O)CC[C@H]1Cc2c(Cl)cc(Cl)cc2[C@@H]1OCc1ccc(C#N)cc1Cl. The maximum absolute atomic E-state index is 10.2. The summed E-state index contributed by atoms with van der Waals surface area (Å²) in [6, 6.07) is 11.0. The quantitative estimate of drug-likeness (QED) is 0.474. The van der Waals surface area contributed by atoms with Gasteiger partial charge in [0.05, 0.1) is 30.4 Å². The predicted molar refractivity (Wildman–Crippen MR) is 118 cm³/mol. The summed E-state index contributed by atoms with van der Waals surface area (Å²) in [5.74, 6) is 0.213. The summed E-state index contributed by atoms with van der Waals surface area (Å²) in [4.78, 5) is 0. The highest BCUT2D eigenvalue weighted by Crippen LogP contribution is 2.46. The summed E-state index contributed by atoms with van der Waals surface area (Å²) >= 11 is 19.0. The van der Waals surface area contributed by atoms with Crippen LogP contribution >= 0.6 is 34.8 Å². The third-order valence-corrected chi connectivity index (χ3v) is 6.40. The number of nitriles is 1. The standard InChI is InChI=1S/C23H24Cl3NO2/c1-2-3-18(28)7-6-15-9-19-20(10-17(24)11-22(19)26)23(15)29-13-16-5-4-14(12-27)8-21(16)25/h4-5,8,10-11,15,18,23,28H,2-3,6-7,9,13H2,1H3/t15-,18+,23+/m0/s1. The lowest BCUT2D eigenvalue weighted by Gasteiger charge is -2.23. The Morgan fingerprint density at radius 2 is 1.97 bits per heavy atom. The van der Waals surface area contributed by atoms with E-state index in [1.807, 2.05) is 12.1 Å². The molecule has 2 aromatic carbocycles. The van der Waals surface area contributed by atoms with Crippen LogP contribution in [0.5, 0.6) is 0 Å². The zero-order valence-corrected chi connectivity index (χ0v) is 18.6. The van der Waals surface area contributed by atoms with Crippen molar-refractivity contribution in [2.24, 2.45) is 5.92 Å². The van der Waals surface area contributed by atoms with Gasteiger partial charge < -0.3 is 9.84 Å². The maximum atomic E-state index is 10.2. The summed E-state index contributed by atoms with van der Waals surface area (Å²) < 4.78 is 6.32. The molecule has 0 fully saturated rings. The van der Waals surface area contributed by atoms with Gasteiger partial charge in [-0.25, -0.2) is 0 Å². The first-order valence-electron chi connectivity index (χ1n) is 9.89. The second kappa shape index (κ2) is 10.2. The number of aliphatic hydroxyl groups excluding tert-OH is 1. The molecule has 3 rings (SSSR count). The van der Waals surface area contributed by atoms with E-state index in [4.69, 9.17) is 44.8 Å². The number of fused-ring (bicyclic) bond motifs is 1. The maximum Gasteiger partial charge on any atom is 0.0992 e. The van der Waals surface area contributed by atoms with Gasteiger partial charge in [0, 0.05) is 15.1 Å². The van der Waals surface area contributed by atoms with Gasteiger partial charge in [-0.15, -0.1) is 0 Å². The van der Waals surface area contributed by atoms with Crippen LogP contribution in [0, 0.1) is 17.2 Å². The minimum atomic E-state index is -0.295. The number of hydrogen-bond donors (Lipinski definition) is 1. The molecule has 0 saturated heterocycles. The minimum Gasteiger partial charge on any atom is -0.393 e. The van der Waals surface area contributed by atoms with E-state index in [1.165, 1.54) is 0 Å². The number of hydrogen-bond acceptors (Lipinski definition) is 3. The van der Waals surface area contributed by atoms with Gasteiger partial charge in [0.25, 0.3) is 0 Å². The molecule has 1 aliphatic rings. The second-order valence-electron chi connectivity index (χ2n) is 7.59. The predicted octanol–water partition coefficient (Wildman–Crippen LogP) is 6.89. The summed E-state index contributed by atoms with van der Waals surface area (Å²) in [6.07, 6.45) is 3.68. The fraction of sp³-hybridized carbons (Fsp3) is 0.435. The summed E-state index contributed by atoms with van der Waals surface area (Å²) in [5, 5.41) is 20.9. The van der Waals surface area contributed by atoms with Crippen molar-refractivity contribution in [3.63, 3.8) is 0 Å². The normalized spacial score (nSPS) is 19.0. The lowest BCUT2D eigenvalue weighted by Crippen LogP contribution is -2.15. The number of benzene rings is 2. The molecule has 0 spiro atoms. The van der Waals surface area contributed by atoms with Crippen molar-refractivity contribution in [1.82, 2.24) is 0 Å². The number of nitrogens with zero attached hydrogens (tertiary/aromatic N) is 1. The van der Waals surface area contributed by atoms with Crippen LogP contribution in [0.2, 0.25) is 15.1 Å². The lowest BCUT2D eigenvalue weighted by atomic mass is 9.94. The van der Waals surface area contributed by atoms with Crippen molar-refractivity contribution in [1.29, 1.82) is 5.26 Å². The highest BCUT2D eigenvalue weighted by molar-refractivity contribution is 6.35. The molecule has 0 saturated carbocycles. The molecule has 1 N–H and O–H groups in total. The molecule has 2 aromatic rings. The Morgan fingerprint density at radius 3 is 2.66 bits per heavy atom. The third kappa shape index (κ3) is 5.45. The molecule has 3 nitrogen and oxygen atoms in total. The van der Waals surface area contributed by atoms with Crippen molar-refractivity contribution >= 4 is 34.8 Å². The van der Waals surface area contributed by atoms with Gasteiger partial charge in [-0.2, -0.15) is 5.26 Å². The van der Waals surface area contributed by atoms with Crippen molar-refractivity contribution in [3.05, 3.63) is 67.7 Å². The van der Waals surface area contributed by atoms with E-state index in [9.17, 15) is 5.11 Å². The summed E-state index contributed by atoms with van der Waals surface area (Å²) in [5.41, 5.74) is 3.44. The lowest BCUT2D eigenvalue weighted by molar-refractivity contribution is 0.00125. The molecule has 1 aliphatic carbocycles. The highest BCUT2D eigenvalue weighted by atomic mass is 35.5. The Morgan fingerprint density at radius 1 is 1.17 bits per heavy atom. The van der Waals surface area contributed by atoms with Gasteiger partial charge >= 0.3 is 0 Å². The molecule has 0 unspecified atom stereocenters. The molecule has 0 aromatic heterocycles. The van der Waals surface area contributed by atoms with E-state index in [0.29, 0.717) is 27.2 Å². The first-order valence-corrected chi connectivity index (χ1v) is 11.0. The van der Waals surface area contributed by atoms with E-state index < -0.39 is 0 Å². The Bertz CT molecular complexity index is 910. The molecule has 29 heavy (non-hydrogen) atoms. The number of halogens is 3. The van der Waals surface area contributed by atoms with Gasteiger partial charge in [0.1, 0.15) is 0 Å². The molecule has 154 valence electrons. The summed E-state index contributed by atoms with van der Waals surface area (Å²) in [7, 11) is 0. The Hall–Kier alpha value is -1.28. The molecule has 6 heteroatoms. The molecule has 0 radical (unpaired) electrons. The zero-order chi connectivity index (χ0) is 21.0. The third-order valence-electron chi connectivity index (χ3n) is 5.49. The van der Waals surface area contributed by atoms with Crippen LogP contribution in [-0.4, -0.2) is 11.2 Å². The van der Waals surface area contributed by atoms with Gasteiger partial charge in [-0.05, 0) is 72.6 Å². The molecule has 0 heterocycles. The monoisotopic (exact) mass is 451 g/mol. The van der Waals surface area contributed by atoms with Crippen molar-refractivity contribution in [2.45, 2.75) is 57.8 Å². The minimum absolute atomic E-state index is 0.165.